The lowest BCUT2D eigenvalue weighted by Gasteiger charge is -2.41. The highest BCUT2D eigenvalue weighted by atomic mass is 15.2. The van der Waals surface area contributed by atoms with Crippen molar-refractivity contribution >= 4 is 5.69 Å². The van der Waals surface area contributed by atoms with Crippen LogP contribution >= 0.6 is 0 Å². The minimum Gasteiger partial charge on any atom is -0.368 e. The first-order valence-electron chi connectivity index (χ1n) is 7.30. The molecule has 0 spiro atoms. The summed E-state index contributed by atoms with van der Waals surface area (Å²) in [5.74, 6) is 0. The highest BCUT2D eigenvalue weighted by Crippen LogP contribution is 2.47. The van der Waals surface area contributed by atoms with Crippen molar-refractivity contribution < 1.29 is 0 Å². The van der Waals surface area contributed by atoms with Gasteiger partial charge in [-0.25, -0.2) is 0 Å². The SMILES string of the molecule is Cc1cc(C)cc(N(C)C2(CN)CCC(C)(C)C2)c1. The standard InChI is InChI=1S/C17H28N2/c1-13-8-14(2)10-15(9-13)19(5)17(12-18)7-6-16(3,4)11-17/h8-10H,6-7,11-12,18H2,1-5H3. The van der Waals surface area contributed by atoms with E-state index in [1.165, 1.54) is 36.1 Å². The second-order valence-electron chi connectivity index (χ2n) is 7.17. The van der Waals surface area contributed by atoms with E-state index >= 15 is 0 Å². The van der Waals surface area contributed by atoms with Crippen molar-refractivity contribution in [1.29, 1.82) is 0 Å². The first-order valence-corrected chi connectivity index (χ1v) is 7.30. The quantitative estimate of drug-likeness (QED) is 0.899. The van der Waals surface area contributed by atoms with Crippen LogP contribution in [0.3, 0.4) is 0 Å². The molecule has 1 aromatic carbocycles. The van der Waals surface area contributed by atoms with Crippen LogP contribution in [0.15, 0.2) is 18.2 Å². The maximum absolute atomic E-state index is 6.16. The second kappa shape index (κ2) is 4.82. The van der Waals surface area contributed by atoms with Crippen molar-refractivity contribution in [1.82, 2.24) is 0 Å². The average molecular weight is 260 g/mol. The summed E-state index contributed by atoms with van der Waals surface area (Å²) in [6, 6.07) is 6.77. The van der Waals surface area contributed by atoms with Gasteiger partial charge < -0.3 is 10.6 Å². The average Bonchev–Trinajstić information content (AvgIpc) is 2.64. The Morgan fingerprint density at radius 3 is 2.11 bits per heavy atom. The van der Waals surface area contributed by atoms with Crippen LogP contribution in [0.2, 0.25) is 0 Å². The zero-order valence-corrected chi connectivity index (χ0v) is 13.1. The van der Waals surface area contributed by atoms with Crippen molar-refractivity contribution in [3.05, 3.63) is 29.3 Å². The summed E-state index contributed by atoms with van der Waals surface area (Å²) in [5.41, 5.74) is 10.7. The molecule has 2 rings (SSSR count). The van der Waals surface area contributed by atoms with Crippen LogP contribution in [0, 0.1) is 19.3 Å². The Morgan fingerprint density at radius 1 is 1.11 bits per heavy atom. The lowest BCUT2D eigenvalue weighted by molar-refractivity contribution is 0.332. The molecule has 0 radical (unpaired) electrons. The molecule has 0 bridgehead atoms. The van der Waals surface area contributed by atoms with Crippen molar-refractivity contribution in [3.8, 4) is 0 Å². The van der Waals surface area contributed by atoms with E-state index in [1.807, 2.05) is 0 Å². The summed E-state index contributed by atoms with van der Waals surface area (Å²) in [6.45, 7) is 9.79. The molecule has 1 atom stereocenters. The van der Waals surface area contributed by atoms with Gasteiger partial charge in [0.05, 0.1) is 5.54 Å². The molecule has 2 heteroatoms. The van der Waals surface area contributed by atoms with E-state index in [9.17, 15) is 0 Å². The largest absolute Gasteiger partial charge is 0.368 e. The summed E-state index contributed by atoms with van der Waals surface area (Å²) in [7, 11) is 2.21. The lowest BCUT2D eigenvalue weighted by atomic mass is 9.86. The van der Waals surface area contributed by atoms with Crippen LogP contribution in [0.25, 0.3) is 0 Å². The molecule has 0 saturated heterocycles. The van der Waals surface area contributed by atoms with Crippen molar-refractivity contribution in [3.63, 3.8) is 0 Å². The van der Waals surface area contributed by atoms with Gasteiger partial charge in [0.15, 0.2) is 0 Å². The molecule has 0 heterocycles. The molecule has 1 fully saturated rings. The van der Waals surface area contributed by atoms with Crippen LogP contribution in [0.1, 0.15) is 44.2 Å². The molecule has 0 aliphatic heterocycles. The third-order valence-electron chi connectivity index (χ3n) is 4.76. The third-order valence-corrected chi connectivity index (χ3v) is 4.76. The first-order chi connectivity index (χ1) is 8.78. The topological polar surface area (TPSA) is 29.3 Å². The normalized spacial score (nSPS) is 25.6. The van der Waals surface area contributed by atoms with E-state index in [0.29, 0.717) is 5.41 Å². The fourth-order valence-corrected chi connectivity index (χ4v) is 3.65. The van der Waals surface area contributed by atoms with Gasteiger partial charge in [0.25, 0.3) is 0 Å². The summed E-state index contributed by atoms with van der Waals surface area (Å²) < 4.78 is 0. The minimum absolute atomic E-state index is 0.129. The Balaban J connectivity index is 2.33. The molecule has 0 amide bonds. The van der Waals surface area contributed by atoms with Gasteiger partial charge in [-0.2, -0.15) is 0 Å². The van der Waals surface area contributed by atoms with Gasteiger partial charge in [-0.1, -0.05) is 19.9 Å². The van der Waals surface area contributed by atoms with Crippen molar-refractivity contribution in [2.24, 2.45) is 11.1 Å². The number of benzene rings is 1. The number of nitrogens with two attached hydrogens (primary N) is 1. The van der Waals surface area contributed by atoms with Crippen LogP contribution < -0.4 is 10.6 Å². The third kappa shape index (κ3) is 2.79. The second-order valence-corrected chi connectivity index (χ2v) is 7.17. The highest BCUT2D eigenvalue weighted by Gasteiger charge is 2.45. The van der Waals surface area contributed by atoms with Gasteiger partial charge in [-0.3, -0.25) is 0 Å². The first kappa shape index (κ1) is 14.4. The Bertz CT molecular complexity index is 444. The van der Waals surface area contributed by atoms with Gasteiger partial charge >= 0.3 is 0 Å². The molecule has 1 saturated carbocycles. The molecular weight excluding hydrogens is 232 g/mol. The zero-order chi connectivity index (χ0) is 14.3. The number of likely N-dealkylation sites (N-methyl/N-ethyl adjacent to an activating group) is 1. The van der Waals surface area contributed by atoms with E-state index in [-0.39, 0.29) is 5.54 Å². The maximum Gasteiger partial charge on any atom is 0.0526 e. The van der Waals surface area contributed by atoms with E-state index < -0.39 is 0 Å². The predicted octanol–water partition coefficient (Wildman–Crippen LogP) is 3.65. The molecule has 1 aliphatic rings. The van der Waals surface area contributed by atoms with E-state index in [0.717, 1.165) is 6.54 Å². The molecule has 2 N–H and O–H groups in total. The van der Waals surface area contributed by atoms with Crippen LogP contribution in [-0.2, 0) is 0 Å². The molecule has 2 nitrogen and oxygen atoms in total. The molecule has 1 aromatic rings. The van der Waals surface area contributed by atoms with Crippen LogP contribution in [-0.4, -0.2) is 19.1 Å². The number of aryl methyl sites for hydroxylation is 2. The van der Waals surface area contributed by atoms with Crippen LogP contribution in [0.5, 0.6) is 0 Å². The monoisotopic (exact) mass is 260 g/mol. The predicted molar refractivity (Wildman–Crippen MR) is 83.7 cm³/mol. The van der Waals surface area contributed by atoms with Gasteiger partial charge in [0.2, 0.25) is 0 Å². The number of hydrogen-bond donors (Lipinski definition) is 1. The Kier molecular flexibility index (Phi) is 3.65. The minimum atomic E-state index is 0.129. The van der Waals surface area contributed by atoms with E-state index in [2.05, 4.69) is 57.8 Å². The summed E-state index contributed by atoms with van der Waals surface area (Å²) in [6.07, 6.45) is 3.64. The molecular formula is C17H28N2. The van der Waals surface area contributed by atoms with E-state index in [4.69, 9.17) is 5.73 Å². The Labute approximate surface area is 118 Å². The smallest absolute Gasteiger partial charge is 0.0526 e. The fraction of sp³-hybridized carbons (Fsp3) is 0.647. The highest BCUT2D eigenvalue weighted by molar-refractivity contribution is 5.53. The maximum atomic E-state index is 6.16. The van der Waals surface area contributed by atoms with Gasteiger partial charge in [-0.05, 0) is 61.8 Å². The number of anilines is 1. The van der Waals surface area contributed by atoms with E-state index in [1.54, 1.807) is 0 Å². The summed E-state index contributed by atoms with van der Waals surface area (Å²) in [5, 5.41) is 0. The molecule has 1 aliphatic carbocycles. The zero-order valence-electron chi connectivity index (χ0n) is 13.1. The van der Waals surface area contributed by atoms with Gasteiger partial charge in [0, 0.05) is 19.3 Å². The van der Waals surface area contributed by atoms with Gasteiger partial charge in [0.1, 0.15) is 0 Å². The Morgan fingerprint density at radius 2 is 1.68 bits per heavy atom. The summed E-state index contributed by atoms with van der Waals surface area (Å²) in [4.78, 5) is 2.43. The Hall–Kier alpha value is -1.02. The van der Waals surface area contributed by atoms with Crippen molar-refractivity contribution in [2.45, 2.75) is 52.5 Å². The fourth-order valence-electron chi connectivity index (χ4n) is 3.65. The molecule has 0 aromatic heterocycles. The number of hydrogen-bond acceptors (Lipinski definition) is 2. The van der Waals surface area contributed by atoms with Gasteiger partial charge in [-0.15, -0.1) is 0 Å². The number of rotatable bonds is 3. The van der Waals surface area contributed by atoms with Crippen molar-refractivity contribution in [2.75, 3.05) is 18.5 Å². The van der Waals surface area contributed by atoms with Crippen LogP contribution in [0.4, 0.5) is 5.69 Å². The lowest BCUT2D eigenvalue weighted by Crippen LogP contribution is -2.51. The summed E-state index contributed by atoms with van der Waals surface area (Å²) >= 11 is 0. The molecule has 106 valence electrons. The molecule has 19 heavy (non-hydrogen) atoms. The number of nitrogens with zero attached hydrogens (tertiary/aromatic N) is 1. The molecule has 1 unspecified atom stereocenters.